The summed E-state index contributed by atoms with van der Waals surface area (Å²) in [5, 5.41) is 9.89. The fourth-order valence-electron chi connectivity index (χ4n) is 2.41. The van der Waals surface area contributed by atoms with Crippen molar-refractivity contribution in [3.8, 4) is 11.5 Å². The molecule has 0 radical (unpaired) electrons. The zero-order valence-corrected chi connectivity index (χ0v) is 11.2. The Hall–Kier alpha value is -2.30. The molecule has 0 aliphatic carbocycles. The molecule has 0 spiro atoms. The summed E-state index contributed by atoms with van der Waals surface area (Å²) < 4.78 is 10.9. The number of hydrogen-bond acceptors (Lipinski definition) is 5. The lowest BCUT2D eigenvalue weighted by Crippen LogP contribution is -2.34. The van der Waals surface area contributed by atoms with Gasteiger partial charge in [0.25, 0.3) is 0 Å². The highest BCUT2D eigenvalue weighted by molar-refractivity contribution is 5.87. The molecule has 0 atom stereocenters. The molecule has 0 fully saturated rings. The first-order valence-electron chi connectivity index (χ1n) is 6.40. The molecule has 5 nitrogen and oxygen atoms in total. The third kappa shape index (κ3) is 1.86. The van der Waals surface area contributed by atoms with Crippen molar-refractivity contribution in [2.45, 2.75) is 32.3 Å². The van der Waals surface area contributed by atoms with Gasteiger partial charge < -0.3 is 14.3 Å². The van der Waals surface area contributed by atoms with Crippen LogP contribution in [0.3, 0.4) is 0 Å². The van der Waals surface area contributed by atoms with Crippen molar-refractivity contribution in [2.24, 2.45) is 0 Å². The van der Waals surface area contributed by atoms with Gasteiger partial charge in [-0.3, -0.25) is 4.79 Å². The van der Waals surface area contributed by atoms with Crippen molar-refractivity contribution in [3.05, 3.63) is 44.6 Å². The zero-order valence-electron chi connectivity index (χ0n) is 11.2. The average Bonchev–Trinajstić information content (AvgIpc) is 2.48. The molecule has 104 valence electrons. The van der Waals surface area contributed by atoms with Crippen LogP contribution in [0.2, 0.25) is 0 Å². The van der Waals surface area contributed by atoms with Gasteiger partial charge in [0.2, 0.25) is 11.2 Å². The smallest absolute Gasteiger partial charge is 0.344 e. The highest BCUT2D eigenvalue weighted by atomic mass is 16.5. The third-order valence-corrected chi connectivity index (χ3v) is 3.50. The monoisotopic (exact) mass is 274 g/mol. The minimum Gasteiger partial charge on any atom is -0.507 e. The first-order chi connectivity index (χ1) is 9.39. The van der Waals surface area contributed by atoms with Crippen LogP contribution in [-0.4, -0.2) is 10.7 Å². The maximum atomic E-state index is 12.6. The SMILES string of the molecule is CC1(C)CCc2oc(=O)c3cccc(O)c3c(=O)c2O1. The number of phenolic OH excluding ortho intramolecular Hbond substituents is 1. The standard InChI is InChI=1S/C15H14O5/c1-15(2)7-6-10-13(20-15)12(17)11-8(14(18)19-10)4-3-5-9(11)16/h3-5,16H,6-7H2,1-2H3. The van der Waals surface area contributed by atoms with Crippen LogP contribution in [0.25, 0.3) is 10.8 Å². The van der Waals surface area contributed by atoms with Crippen LogP contribution in [0.15, 0.2) is 32.2 Å². The molecule has 20 heavy (non-hydrogen) atoms. The summed E-state index contributed by atoms with van der Waals surface area (Å²) in [6, 6.07) is 4.32. The lowest BCUT2D eigenvalue weighted by atomic mass is 9.98. The Balaban J connectivity index is 2.50. The summed E-state index contributed by atoms with van der Waals surface area (Å²) in [6.45, 7) is 3.73. The summed E-state index contributed by atoms with van der Waals surface area (Å²) in [4.78, 5) is 24.6. The third-order valence-electron chi connectivity index (χ3n) is 3.50. The van der Waals surface area contributed by atoms with E-state index in [1.807, 2.05) is 13.8 Å². The molecule has 1 aliphatic heterocycles. The van der Waals surface area contributed by atoms with E-state index in [9.17, 15) is 14.7 Å². The minimum absolute atomic E-state index is 0.0230. The second-order valence-corrected chi connectivity index (χ2v) is 5.53. The van der Waals surface area contributed by atoms with Gasteiger partial charge >= 0.3 is 5.63 Å². The Kier molecular flexibility index (Phi) is 2.61. The number of aryl methyl sites for hydroxylation is 1. The highest BCUT2D eigenvalue weighted by Gasteiger charge is 2.31. The van der Waals surface area contributed by atoms with Crippen molar-refractivity contribution in [1.82, 2.24) is 0 Å². The van der Waals surface area contributed by atoms with E-state index in [4.69, 9.17) is 9.15 Å². The van der Waals surface area contributed by atoms with E-state index in [1.165, 1.54) is 18.2 Å². The summed E-state index contributed by atoms with van der Waals surface area (Å²) in [6.07, 6.45) is 1.10. The molecule has 0 saturated heterocycles. The van der Waals surface area contributed by atoms with Crippen molar-refractivity contribution >= 4 is 10.8 Å². The molecule has 5 heteroatoms. The highest BCUT2D eigenvalue weighted by Crippen LogP contribution is 2.31. The maximum absolute atomic E-state index is 12.6. The molecule has 2 aromatic rings. The lowest BCUT2D eigenvalue weighted by molar-refractivity contribution is 0.0741. The Morgan fingerprint density at radius 1 is 1.25 bits per heavy atom. The summed E-state index contributed by atoms with van der Waals surface area (Å²) in [7, 11) is 0. The largest absolute Gasteiger partial charge is 0.507 e. The van der Waals surface area contributed by atoms with Gasteiger partial charge in [-0.25, -0.2) is 4.79 Å². The molecule has 1 N–H and O–H groups in total. The van der Waals surface area contributed by atoms with Gasteiger partial charge in [-0.05, 0) is 32.4 Å². The summed E-state index contributed by atoms with van der Waals surface area (Å²) in [5.74, 6) is 0.0231. The zero-order chi connectivity index (χ0) is 14.5. The Morgan fingerprint density at radius 2 is 2.00 bits per heavy atom. The Labute approximate surface area is 114 Å². The first-order valence-corrected chi connectivity index (χ1v) is 6.40. The molecule has 2 heterocycles. The second-order valence-electron chi connectivity index (χ2n) is 5.53. The van der Waals surface area contributed by atoms with Crippen molar-refractivity contribution in [1.29, 1.82) is 0 Å². The fourth-order valence-corrected chi connectivity index (χ4v) is 2.41. The van der Waals surface area contributed by atoms with Gasteiger partial charge in [-0.1, -0.05) is 6.07 Å². The second kappa shape index (κ2) is 4.10. The molecule has 3 rings (SSSR count). The van der Waals surface area contributed by atoms with Crippen molar-refractivity contribution < 1.29 is 14.3 Å². The van der Waals surface area contributed by atoms with Gasteiger partial charge in [0.1, 0.15) is 11.4 Å². The normalized spacial score (nSPS) is 16.5. The lowest BCUT2D eigenvalue weighted by Gasteiger charge is -2.30. The van der Waals surface area contributed by atoms with Crippen LogP contribution in [0.4, 0.5) is 0 Å². The minimum atomic E-state index is -0.641. The number of rotatable bonds is 0. The van der Waals surface area contributed by atoms with Crippen LogP contribution in [0, 0.1) is 0 Å². The van der Waals surface area contributed by atoms with E-state index >= 15 is 0 Å². The number of hydrogen-bond donors (Lipinski definition) is 1. The van der Waals surface area contributed by atoms with Gasteiger partial charge in [0, 0.05) is 6.42 Å². The van der Waals surface area contributed by atoms with E-state index in [0.29, 0.717) is 12.8 Å². The first kappa shape index (κ1) is 12.7. The topological polar surface area (TPSA) is 76.7 Å². The number of aromatic hydroxyl groups is 1. The van der Waals surface area contributed by atoms with Crippen LogP contribution in [-0.2, 0) is 6.42 Å². The van der Waals surface area contributed by atoms with Gasteiger partial charge in [-0.2, -0.15) is 0 Å². The number of benzene rings is 1. The molecule has 1 aliphatic rings. The molecule has 0 bridgehead atoms. The molecule has 1 aromatic carbocycles. The summed E-state index contributed by atoms with van der Waals surface area (Å²) >= 11 is 0. The molecule has 0 saturated carbocycles. The Morgan fingerprint density at radius 3 is 2.75 bits per heavy atom. The molecular weight excluding hydrogens is 260 g/mol. The molecule has 0 unspecified atom stereocenters. The van der Waals surface area contributed by atoms with Gasteiger partial charge in [0.05, 0.1) is 10.8 Å². The van der Waals surface area contributed by atoms with Crippen molar-refractivity contribution in [3.63, 3.8) is 0 Å². The number of fused-ring (bicyclic) bond motifs is 2. The Bertz CT molecular complexity index is 817. The van der Waals surface area contributed by atoms with Crippen LogP contribution in [0.1, 0.15) is 26.0 Å². The van der Waals surface area contributed by atoms with E-state index < -0.39 is 16.7 Å². The molecular formula is C15H14O5. The fraction of sp³-hybridized carbons (Fsp3) is 0.333. The van der Waals surface area contributed by atoms with Crippen LogP contribution >= 0.6 is 0 Å². The van der Waals surface area contributed by atoms with E-state index in [2.05, 4.69) is 0 Å². The van der Waals surface area contributed by atoms with Crippen molar-refractivity contribution in [2.75, 3.05) is 0 Å². The van der Waals surface area contributed by atoms with Gasteiger partial charge in [-0.15, -0.1) is 0 Å². The average molecular weight is 274 g/mol. The quantitative estimate of drug-likeness (QED) is 0.794. The number of phenols is 1. The van der Waals surface area contributed by atoms with Gasteiger partial charge in [0.15, 0.2) is 5.76 Å². The van der Waals surface area contributed by atoms with E-state index in [0.717, 1.165) is 0 Å². The molecule has 1 aromatic heterocycles. The summed E-state index contributed by atoms with van der Waals surface area (Å²) in [5.41, 5.74) is -1.65. The van der Waals surface area contributed by atoms with E-state index in [-0.39, 0.29) is 28.0 Å². The number of ether oxygens (including phenoxy) is 1. The molecule has 0 amide bonds. The van der Waals surface area contributed by atoms with Crippen LogP contribution in [0.5, 0.6) is 11.5 Å². The predicted octanol–water partition coefficient (Wildman–Crippen LogP) is 1.96. The van der Waals surface area contributed by atoms with Crippen LogP contribution < -0.4 is 15.8 Å². The van der Waals surface area contributed by atoms with E-state index in [1.54, 1.807) is 0 Å². The predicted molar refractivity (Wildman–Crippen MR) is 73.4 cm³/mol. The maximum Gasteiger partial charge on any atom is 0.344 e.